The topological polar surface area (TPSA) is 46.0 Å². The summed E-state index contributed by atoms with van der Waals surface area (Å²) in [6, 6.07) is 8.98. The summed E-state index contributed by atoms with van der Waals surface area (Å²) in [5.74, 6) is 0.233. The molecular formula is C11H10N2O. The Morgan fingerprint density at radius 1 is 1.14 bits per heavy atom. The average Bonchev–Trinajstić information content (AvgIpc) is 2.20. The number of aryl methyl sites for hydroxylation is 1. The largest absolute Gasteiger partial charge is 0.507 e. The van der Waals surface area contributed by atoms with Crippen LogP contribution in [0.1, 0.15) is 5.56 Å². The zero-order valence-corrected chi connectivity index (χ0v) is 7.81. The van der Waals surface area contributed by atoms with Crippen molar-refractivity contribution in [1.82, 2.24) is 10.2 Å². The molecule has 3 heteroatoms. The Labute approximate surface area is 82.1 Å². The highest BCUT2D eigenvalue weighted by Crippen LogP contribution is 2.28. The van der Waals surface area contributed by atoms with Crippen LogP contribution in [-0.4, -0.2) is 15.3 Å². The van der Waals surface area contributed by atoms with Crippen LogP contribution in [0.3, 0.4) is 0 Å². The molecule has 0 unspecified atom stereocenters. The summed E-state index contributed by atoms with van der Waals surface area (Å²) >= 11 is 0. The quantitative estimate of drug-likeness (QED) is 0.742. The number of benzene rings is 1. The van der Waals surface area contributed by atoms with Crippen molar-refractivity contribution >= 4 is 0 Å². The molecule has 0 atom stereocenters. The zero-order valence-electron chi connectivity index (χ0n) is 7.81. The van der Waals surface area contributed by atoms with E-state index < -0.39 is 0 Å². The minimum atomic E-state index is 0.233. The standard InChI is InChI=1S/C11H10N2O/c1-8-6-7-12-13-11(8)9-4-2-3-5-10(9)14/h2-7,14H,1H3. The third-order valence-corrected chi connectivity index (χ3v) is 2.08. The summed E-state index contributed by atoms with van der Waals surface area (Å²) in [5, 5.41) is 17.4. The summed E-state index contributed by atoms with van der Waals surface area (Å²) < 4.78 is 0. The number of aromatic hydroxyl groups is 1. The number of para-hydroxylation sites is 1. The van der Waals surface area contributed by atoms with E-state index in [1.165, 1.54) is 0 Å². The summed E-state index contributed by atoms with van der Waals surface area (Å²) in [6.45, 7) is 1.94. The monoisotopic (exact) mass is 186 g/mol. The number of rotatable bonds is 1. The number of aromatic nitrogens is 2. The van der Waals surface area contributed by atoms with Gasteiger partial charge in [0.25, 0.3) is 0 Å². The Bertz CT molecular complexity index is 411. The van der Waals surface area contributed by atoms with Crippen LogP contribution < -0.4 is 0 Å². The maximum atomic E-state index is 9.62. The molecule has 0 saturated heterocycles. The van der Waals surface area contributed by atoms with Crippen molar-refractivity contribution in [3.63, 3.8) is 0 Å². The van der Waals surface area contributed by atoms with Crippen LogP contribution >= 0.6 is 0 Å². The molecule has 2 aromatic rings. The fourth-order valence-electron chi connectivity index (χ4n) is 1.33. The first-order chi connectivity index (χ1) is 6.79. The van der Waals surface area contributed by atoms with Crippen LogP contribution in [0, 0.1) is 6.92 Å². The molecular weight excluding hydrogens is 176 g/mol. The highest BCUT2D eigenvalue weighted by molar-refractivity contribution is 5.68. The zero-order chi connectivity index (χ0) is 9.97. The van der Waals surface area contributed by atoms with E-state index in [9.17, 15) is 5.11 Å². The van der Waals surface area contributed by atoms with Gasteiger partial charge in [0, 0.05) is 11.8 Å². The molecule has 0 aliphatic rings. The molecule has 2 rings (SSSR count). The first kappa shape index (κ1) is 8.69. The molecule has 70 valence electrons. The van der Waals surface area contributed by atoms with E-state index in [0.717, 1.165) is 16.8 Å². The fraction of sp³-hybridized carbons (Fsp3) is 0.0909. The summed E-state index contributed by atoms with van der Waals surface area (Å²) in [4.78, 5) is 0. The number of phenols is 1. The highest BCUT2D eigenvalue weighted by atomic mass is 16.3. The molecule has 0 saturated carbocycles. The number of nitrogens with zero attached hydrogens (tertiary/aromatic N) is 2. The smallest absolute Gasteiger partial charge is 0.125 e. The Hall–Kier alpha value is -1.90. The average molecular weight is 186 g/mol. The molecule has 3 nitrogen and oxygen atoms in total. The van der Waals surface area contributed by atoms with Gasteiger partial charge in [0.15, 0.2) is 0 Å². The second kappa shape index (κ2) is 3.46. The molecule has 0 aliphatic heterocycles. The summed E-state index contributed by atoms with van der Waals surface area (Å²) in [6.07, 6.45) is 1.64. The lowest BCUT2D eigenvalue weighted by Gasteiger charge is -2.04. The molecule has 1 aromatic heterocycles. The molecule has 0 radical (unpaired) electrons. The molecule has 14 heavy (non-hydrogen) atoms. The maximum absolute atomic E-state index is 9.62. The molecule has 0 fully saturated rings. The highest BCUT2D eigenvalue weighted by Gasteiger charge is 2.06. The molecule has 1 N–H and O–H groups in total. The van der Waals surface area contributed by atoms with Gasteiger partial charge in [-0.2, -0.15) is 10.2 Å². The Kier molecular flexibility index (Phi) is 2.14. The number of hydrogen-bond donors (Lipinski definition) is 1. The van der Waals surface area contributed by atoms with Gasteiger partial charge in [-0.1, -0.05) is 12.1 Å². The van der Waals surface area contributed by atoms with Crippen molar-refractivity contribution in [2.45, 2.75) is 6.92 Å². The van der Waals surface area contributed by atoms with Gasteiger partial charge >= 0.3 is 0 Å². The first-order valence-electron chi connectivity index (χ1n) is 4.35. The van der Waals surface area contributed by atoms with E-state index in [2.05, 4.69) is 10.2 Å². The van der Waals surface area contributed by atoms with E-state index in [1.54, 1.807) is 18.3 Å². The fourth-order valence-corrected chi connectivity index (χ4v) is 1.33. The van der Waals surface area contributed by atoms with E-state index in [-0.39, 0.29) is 5.75 Å². The van der Waals surface area contributed by atoms with E-state index in [0.29, 0.717) is 0 Å². The lowest BCUT2D eigenvalue weighted by Crippen LogP contribution is -1.90. The van der Waals surface area contributed by atoms with Crippen molar-refractivity contribution in [1.29, 1.82) is 0 Å². The Balaban J connectivity index is 2.61. The third kappa shape index (κ3) is 1.44. The molecule has 1 heterocycles. The first-order valence-corrected chi connectivity index (χ1v) is 4.35. The minimum Gasteiger partial charge on any atom is -0.507 e. The molecule has 1 aromatic carbocycles. The van der Waals surface area contributed by atoms with Crippen molar-refractivity contribution in [3.05, 3.63) is 42.1 Å². The van der Waals surface area contributed by atoms with Gasteiger partial charge in [-0.15, -0.1) is 0 Å². The van der Waals surface area contributed by atoms with Gasteiger partial charge in [-0.05, 0) is 30.7 Å². The second-order valence-corrected chi connectivity index (χ2v) is 3.08. The van der Waals surface area contributed by atoms with Crippen LogP contribution in [0.2, 0.25) is 0 Å². The maximum Gasteiger partial charge on any atom is 0.125 e. The van der Waals surface area contributed by atoms with Crippen molar-refractivity contribution in [3.8, 4) is 17.0 Å². The van der Waals surface area contributed by atoms with Crippen LogP contribution in [0.5, 0.6) is 5.75 Å². The van der Waals surface area contributed by atoms with Gasteiger partial charge in [0.2, 0.25) is 0 Å². The Morgan fingerprint density at radius 3 is 2.64 bits per heavy atom. The second-order valence-electron chi connectivity index (χ2n) is 3.08. The number of phenolic OH excluding ortho intramolecular Hbond substituents is 1. The molecule has 0 aliphatic carbocycles. The lowest BCUT2D eigenvalue weighted by atomic mass is 10.1. The van der Waals surface area contributed by atoms with Crippen molar-refractivity contribution in [2.75, 3.05) is 0 Å². The predicted octanol–water partition coefficient (Wildman–Crippen LogP) is 2.16. The Morgan fingerprint density at radius 2 is 1.93 bits per heavy atom. The van der Waals surface area contributed by atoms with Gasteiger partial charge < -0.3 is 5.11 Å². The van der Waals surface area contributed by atoms with Crippen LogP contribution in [0.15, 0.2) is 36.5 Å². The third-order valence-electron chi connectivity index (χ3n) is 2.08. The SMILES string of the molecule is Cc1ccnnc1-c1ccccc1O. The van der Waals surface area contributed by atoms with Crippen LogP contribution in [-0.2, 0) is 0 Å². The van der Waals surface area contributed by atoms with Crippen molar-refractivity contribution < 1.29 is 5.11 Å². The lowest BCUT2D eigenvalue weighted by molar-refractivity contribution is 0.477. The molecule has 0 bridgehead atoms. The van der Waals surface area contributed by atoms with Gasteiger partial charge in [0.1, 0.15) is 5.75 Å². The van der Waals surface area contributed by atoms with Crippen molar-refractivity contribution in [2.24, 2.45) is 0 Å². The van der Waals surface area contributed by atoms with E-state index in [1.807, 2.05) is 25.1 Å². The van der Waals surface area contributed by atoms with Gasteiger partial charge in [0.05, 0.1) is 5.69 Å². The van der Waals surface area contributed by atoms with E-state index in [4.69, 9.17) is 0 Å². The predicted molar refractivity (Wildman–Crippen MR) is 53.9 cm³/mol. The van der Waals surface area contributed by atoms with Gasteiger partial charge in [-0.3, -0.25) is 0 Å². The van der Waals surface area contributed by atoms with Crippen LogP contribution in [0.25, 0.3) is 11.3 Å². The molecule has 0 spiro atoms. The minimum absolute atomic E-state index is 0.233. The van der Waals surface area contributed by atoms with E-state index >= 15 is 0 Å². The summed E-state index contributed by atoms with van der Waals surface area (Å²) in [5.41, 5.74) is 2.45. The number of hydrogen-bond acceptors (Lipinski definition) is 3. The summed E-state index contributed by atoms with van der Waals surface area (Å²) in [7, 11) is 0. The van der Waals surface area contributed by atoms with Gasteiger partial charge in [-0.25, -0.2) is 0 Å². The normalized spacial score (nSPS) is 10.1. The molecule has 0 amide bonds. The van der Waals surface area contributed by atoms with Crippen LogP contribution in [0.4, 0.5) is 0 Å².